The molecule has 0 saturated heterocycles. The number of ether oxygens (including phenoxy) is 2. The number of esters is 2. The van der Waals surface area contributed by atoms with Crippen molar-refractivity contribution in [2.45, 2.75) is 82.5 Å². The van der Waals surface area contributed by atoms with Crippen molar-refractivity contribution >= 4 is 11.9 Å². The molecular formula is C19H26F8O4. The third-order valence-corrected chi connectivity index (χ3v) is 4.02. The van der Waals surface area contributed by atoms with Gasteiger partial charge in [0.05, 0.1) is 19.4 Å². The van der Waals surface area contributed by atoms with Gasteiger partial charge < -0.3 is 9.47 Å². The molecule has 12 heteroatoms. The average molecular weight is 470 g/mol. The molecule has 4 nitrogen and oxygen atoms in total. The fourth-order valence-corrected chi connectivity index (χ4v) is 2.13. The molecule has 0 N–H and O–H groups in total. The number of halogens is 8. The number of unbranched alkanes of at least 4 members (excludes halogenated alkanes) is 4. The van der Waals surface area contributed by atoms with E-state index in [0.29, 0.717) is 12.8 Å². The highest BCUT2D eigenvalue weighted by Gasteiger charge is 2.75. The van der Waals surface area contributed by atoms with Crippen LogP contribution in [0.2, 0.25) is 0 Å². The van der Waals surface area contributed by atoms with Gasteiger partial charge in [0.2, 0.25) is 0 Å². The van der Waals surface area contributed by atoms with Crippen LogP contribution in [0.1, 0.15) is 58.3 Å². The molecule has 0 radical (unpaired) electrons. The van der Waals surface area contributed by atoms with E-state index in [1.807, 2.05) is 12.2 Å². The molecule has 0 aliphatic carbocycles. The number of rotatable bonds is 16. The van der Waals surface area contributed by atoms with Gasteiger partial charge in [-0.15, -0.1) is 0 Å². The van der Waals surface area contributed by atoms with Gasteiger partial charge in [-0.3, -0.25) is 9.59 Å². The summed E-state index contributed by atoms with van der Waals surface area (Å²) in [7, 11) is 0. The first-order valence-corrected chi connectivity index (χ1v) is 9.67. The lowest BCUT2D eigenvalue weighted by molar-refractivity contribution is -0.344. The summed E-state index contributed by atoms with van der Waals surface area (Å²) in [4.78, 5) is 22.7. The van der Waals surface area contributed by atoms with Gasteiger partial charge in [-0.25, -0.2) is 8.78 Å². The Hall–Kier alpha value is -1.88. The van der Waals surface area contributed by atoms with E-state index in [9.17, 15) is 44.7 Å². The number of allylic oxidation sites excluding steroid dienone is 2. The summed E-state index contributed by atoms with van der Waals surface area (Å²) in [5, 5.41) is 0. The predicted molar refractivity (Wildman–Crippen MR) is 94.5 cm³/mol. The van der Waals surface area contributed by atoms with Gasteiger partial charge in [0, 0.05) is 0 Å². The lowest BCUT2D eigenvalue weighted by atomic mass is 10.1. The van der Waals surface area contributed by atoms with Crippen LogP contribution >= 0.6 is 0 Å². The van der Waals surface area contributed by atoms with Gasteiger partial charge in [-0.1, -0.05) is 31.9 Å². The summed E-state index contributed by atoms with van der Waals surface area (Å²) in [6, 6.07) is 0. The molecule has 0 fully saturated rings. The second-order valence-corrected chi connectivity index (χ2v) is 6.69. The minimum atomic E-state index is -6.46. The molecule has 182 valence electrons. The summed E-state index contributed by atoms with van der Waals surface area (Å²) in [5.74, 6) is -21.0. The van der Waals surface area contributed by atoms with Crippen molar-refractivity contribution in [2.24, 2.45) is 0 Å². The molecule has 0 rings (SSSR count). The zero-order chi connectivity index (χ0) is 24.1. The standard InChI is InChI=1S/C19H26F8O4/c1-2-3-4-5-6-7-8-9-12-30-14(28)10-11-15(29)31-13-17(22,23)19(26,27)18(24,25)16(20)21/h6-7,16H,2-5,8-13H2,1H3/b7-6+. The number of carbonyl (C=O) groups excluding carboxylic acids is 2. The Morgan fingerprint density at radius 3 is 1.87 bits per heavy atom. The van der Waals surface area contributed by atoms with Crippen LogP contribution < -0.4 is 0 Å². The highest BCUT2D eigenvalue weighted by Crippen LogP contribution is 2.48. The lowest BCUT2D eigenvalue weighted by Gasteiger charge is -2.31. The largest absolute Gasteiger partial charge is 0.466 e. The van der Waals surface area contributed by atoms with Crippen molar-refractivity contribution in [3.05, 3.63) is 12.2 Å². The fourth-order valence-electron chi connectivity index (χ4n) is 2.13. The van der Waals surface area contributed by atoms with Crippen molar-refractivity contribution in [1.29, 1.82) is 0 Å². The molecule has 0 heterocycles. The van der Waals surface area contributed by atoms with Gasteiger partial charge >= 0.3 is 36.1 Å². The smallest absolute Gasteiger partial charge is 0.381 e. The Kier molecular flexibility index (Phi) is 12.7. The quantitative estimate of drug-likeness (QED) is 0.121. The van der Waals surface area contributed by atoms with Crippen LogP contribution in [0, 0.1) is 0 Å². The SMILES string of the molecule is CCCCC/C=C/CCCOC(=O)CCC(=O)OCC(F)(F)C(F)(F)C(F)(F)C(F)F. The maximum Gasteiger partial charge on any atom is 0.381 e. The molecule has 0 aliphatic rings. The van der Waals surface area contributed by atoms with E-state index in [1.165, 1.54) is 0 Å². The summed E-state index contributed by atoms with van der Waals surface area (Å²) < 4.78 is 110. The molecule has 0 atom stereocenters. The molecule has 0 bridgehead atoms. The molecular weight excluding hydrogens is 444 g/mol. The molecule has 0 spiro atoms. The van der Waals surface area contributed by atoms with Gasteiger partial charge in [-0.2, -0.15) is 26.3 Å². The van der Waals surface area contributed by atoms with Crippen molar-refractivity contribution in [3.63, 3.8) is 0 Å². The normalized spacial score (nSPS) is 13.1. The molecule has 0 saturated carbocycles. The van der Waals surface area contributed by atoms with Crippen LogP contribution in [0.25, 0.3) is 0 Å². The molecule has 0 amide bonds. The maximum absolute atomic E-state index is 13.2. The highest BCUT2D eigenvalue weighted by molar-refractivity contribution is 5.77. The Morgan fingerprint density at radius 1 is 0.839 bits per heavy atom. The minimum absolute atomic E-state index is 0.0280. The molecule has 0 aliphatic heterocycles. The monoisotopic (exact) mass is 470 g/mol. The summed E-state index contributed by atoms with van der Waals surface area (Å²) in [6.45, 7) is -0.440. The predicted octanol–water partition coefficient (Wildman–Crippen LogP) is 5.94. The zero-order valence-corrected chi connectivity index (χ0v) is 17.0. The number of hydrogen-bond donors (Lipinski definition) is 0. The topological polar surface area (TPSA) is 52.6 Å². The Morgan fingerprint density at radius 2 is 1.35 bits per heavy atom. The number of hydrogen-bond acceptors (Lipinski definition) is 4. The van der Waals surface area contributed by atoms with Crippen LogP contribution in [0.4, 0.5) is 35.1 Å². The number of carbonyl (C=O) groups is 2. The molecule has 0 aromatic heterocycles. The second-order valence-electron chi connectivity index (χ2n) is 6.69. The first-order chi connectivity index (χ1) is 14.3. The van der Waals surface area contributed by atoms with E-state index >= 15 is 0 Å². The molecule has 0 aromatic carbocycles. The second kappa shape index (κ2) is 13.5. The van der Waals surface area contributed by atoms with Crippen LogP contribution in [-0.2, 0) is 19.1 Å². The summed E-state index contributed by atoms with van der Waals surface area (Å²) in [5.41, 5.74) is 0. The van der Waals surface area contributed by atoms with Crippen LogP contribution in [-0.4, -0.2) is 49.3 Å². The van der Waals surface area contributed by atoms with E-state index in [2.05, 4.69) is 11.7 Å². The van der Waals surface area contributed by atoms with E-state index in [1.54, 1.807) is 0 Å². The first kappa shape index (κ1) is 29.1. The lowest BCUT2D eigenvalue weighted by Crippen LogP contribution is -2.59. The zero-order valence-electron chi connectivity index (χ0n) is 17.0. The van der Waals surface area contributed by atoms with E-state index < -0.39 is 55.6 Å². The molecule has 0 aromatic rings. The van der Waals surface area contributed by atoms with Gasteiger partial charge in [0.25, 0.3) is 0 Å². The highest BCUT2D eigenvalue weighted by atomic mass is 19.4. The number of alkyl halides is 8. The third-order valence-electron chi connectivity index (χ3n) is 4.02. The van der Waals surface area contributed by atoms with Crippen molar-refractivity contribution < 1.29 is 54.2 Å². The van der Waals surface area contributed by atoms with Crippen molar-refractivity contribution in [2.75, 3.05) is 13.2 Å². The van der Waals surface area contributed by atoms with Crippen LogP contribution in [0.5, 0.6) is 0 Å². The van der Waals surface area contributed by atoms with Gasteiger partial charge in [-0.05, 0) is 25.7 Å². The summed E-state index contributed by atoms with van der Waals surface area (Å²) >= 11 is 0. The third kappa shape index (κ3) is 9.86. The maximum atomic E-state index is 13.2. The van der Waals surface area contributed by atoms with E-state index in [-0.39, 0.29) is 6.61 Å². The average Bonchev–Trinajstić information content (AvgIpc) is 2.69. The van der Waals surface area contributed by atoms with E-state index in [0.717, 1.165) is 25.7 Å². The summed E-state index contributed by atoms with van der Waals surface area (Å²) in [6.07, 6.45) is 2.82. The first-order valence-electron chi connectivity index (χ1n) is 9.67. The van der Waals surface area contributed by atoms with Crippen molar-refractivity contribution in [1.82, 2.24) is 0 Å². The van der Waals surface area contributed by atoms with Crippen LogP contribution in [0.15, 0.2) is 12.2 Å². The van der Waals surface area contributed by atoms with Gasteiger partial charge in [0.1, 0.15) is 0 Å². The molecule has 31 heavy (non-hydrogen) atoms. The van der Waals surface area contributed by atoms with Crippen LogP contribution in [0.3, 0.4) is 0 Å². The Balaban J connectivity index is 4.19. The van der Waals surface area contributed by atoms with Crippen molar-refractivity contribution in [3.8, 4) is 0 Å². The van der Waals surface area contributed by atoms with Gasteiger partial charge in [0.15, 0.2) is 6.61 Å². The van der Waals surface area contributed by atoms with E-state index in [4.69, 9.17) is 4.74 Å². The Labute approximate surface area is 174 Å². The fraction of sp³-hybridized carbons (Fsp3) is 0.789. The Bertz CT molecular complexity index is 579. The molecule has 0 unspecified atom stereocenters. The minimum Gasteiger partial charge on any atom is -0.466 e.